The number of aryl methyl sites for hydroxylation is 2. The third-order valence-corrected chi connectivity index (χ3v) is 4.36. The average molecular weight is 401 g/mol. The zero-order chi connectivity index (χ0) is 17.1. The Morgan fingerprint density at radius 3 is 2.70 bits per heavy atom. The maximum absolute atomic E-state index is 12.4. The zero-order valence-electron chi connectivity index (χ0n) is 12.8. The van der Waals surface area contributed by atoms with E-state index in [2.05, 4.69) is 26.3 Å². The Kier molecular flexibility index (Phi) is 5.43. The number of hydrogen-bond donors (Lipinski definition) is 1. The molecule has 0 aliphatic carbocycles. The van der Waals surface area contributed by atoms with Gasteiger partial charge in [-0.05, 0) is 48.0 Å². The number of aromatic nitrogens is 2. The summed E-state index contributed by atoms with van der Waals surface area (Å²) in [5, 5.41) is 7.16. The van der Waals surface area contributed by atoms with Crippen LogP contribution in [0.2, 0.25) is 5.02 Å². The van der Waals surface area contributed by atoms with Crippen LogP contribution in [0.1, 0.15) is 33.5 Å². The Hall–Kier alpha value is -1.86. The second-order valence-corrected chi connectivity index (χ2v) is 5.94. The van der Waals surface area contributed by atoms with Crippen molar-refractivity contribution in [1.82, 2.24) is 9.78 Å². The molecule has 8 heteroatoms. The van der Waals surface area contributed by atoms with Crippen molar-refractivity contribution < 1.29 is 14.3 Å². The normalized spacial score (nSPS) is 10.5. The summed E-state index contributed by atoms with van der Waals surface area (Å²) in [4.78, 5) is 24.3. The third kappa shape index (κ3) is 3.73. The standard InChI is InChI=1S/C15H15BrClN3O3/c1-4-23-15(22)10-7-9(5-6-11(10)17)18-14(21)13-12(16)8(2)19-20(13)3/h5-7H,4H2,1-3H3,(H,18,21). The number of amides is 1. The highest BCUT2D eigenvalue weighted by Gasteiger charge is 2.19. The van der Waals surface area contributed by atoms with Gasteiger partial charge in [-0.2, -0.15) is 5.10 Å². The fourth-order valence-corrected chi connectivity index (χ4v) is 2.75. The highest BCUT2D eigenvalue weighted by atomic mass is 79.9. The van der Waals surface area contributed by atoms with Gasteiger partial charge in [0.2, 0.25) is 0 Å². The molecule has 1 amide bonds. The van der Waals surface area contributed by atoms with E-state index < -0.39 is 5.97 Å². The molecule has 0 radical (unpaired) electrons. The molecule has 122 valence electrons. The molecule has 1 aromatic carbocycles. The SMILES string of the molecule is CCOC(=O)c1cc(NC(=O)c2c(Br)c(C)nn2C)ccc1Cl. The molecule has 0 aliphatic heterocycles. The molecule has 0 fully saturated rings. The number of anilines is 1. The minimum atomic E-state index is -0.536. The molecule has 0 saturated carbocycles. The molecule has 1 heterocycles. The van der Waals surface area contributed by atoms with Gasteiger partial charge >= 0.3 is 5.97 Å². The Bertz CT molecular complexity index is 774. The maximum Gasteiger partial charge on any atom is 0.339 e. The molecule has 0 atom stereocenters. The summed E-state index contributed by atoms with van der Waals surface area (Å²) in [7, 11) is 1.68. The smallest absolute Gasteiger partial charge is 0.339 e. The summed E-state index contributed by atoms with van der Waals surface area (Å²) in [5.74, 6) is -0.886. The molecule has 1 N–H and O–H groups in total. The molecule has 2 rings (SSSR count). The summed E-state index contributed by atoms with van der Waals surface area (Å²) < 4.78 is 7.04. The van der Waals surface area contributed by atoms with Crippen LogP contribution in [0.3, 0.4) is 0 Å². The lowest BCUT2D eigenvalue weighted by molar-refractivity contribution is 0.0526. The Morgan fingerprint density at radius 2 is 2.13 bits per heavy atom. The molecule has 2 aromatic rings. The van der Waals surface area contributed by atoms with Gasteiger partial charge in [0.15, 0.2) is 0 Å². The second-order valence-electron chi connectivity index (χ2n) is 4.74. The van der Waals surface area contributed by atoms with Crippen molar-refractivity contribution in [1.29, 1.82) is 0 Å². The van der Waals surface area contributed by atoms with E-state index in [9.17, 15) is 9.59 Å². The summed E-state index contributed by atoms with van der Waals surface area (Å²) in [6, 6.07) is 4.63. The highest BCUT2D eigenvalue weighted by Crippen LogP contribution is 2.24. The first kappa shape index (κ1) is 17.5. The number of carbonyl (C=O) groups excluding carboxylic acids is 2. The van der Waals surface area contributed by atoms with Crippen LogP contribution in [0.5, 0.6) is 0 Å². The summed E-state index contributed by atoms with van der Waals surface area (Å²) in [6.07, 6.45) is 0. The van der Waals surface area contributed by atoms with Gasteiger partial charge in [-0.1, -0.05) is 11.6 Å². The van der Waals surface area contributed by atoms with Crippen molar-refractivity contribution in [3.63, 3.8) is 0 Å². The first-order valence-electron chi connectivity index (χ1n) is 6.82. The van der Waals surface area contributed by atoms with Crippen LogP contribution in [0.15, 0.2) is 22.7 Å². The van der Waals surface area contributed by atoms with Crippen molar-refractivity contribution >= 4 is 45.1 Å². The molecule has 0 bridgehead atoms. The first-order valence-corrected chi connectivity index (χ1v) is 7.99. The molecule has 0 saturated heterocycles. The number of ether oxygens (including phenoxy) is 1. The third-order valence-electron chi connectivity index (χ3n) is 3.08. The van der Waals surface area contributed by atoms with Gasteiger partial charge in [-0.15, -0.1) is 0 Å². The van der Waals surface area contributed by atoms with Crippen LogP contribution in [0.4, 0.5) is 5.69 Å². The molecule has 6 nitrogen and oxygen atoms in total. The van der Waals surface area contributed by atoms with Gasteiger partial charge in [-0.25, -0.2) is 4.79 Å². The number of nitrogens with zero attached hydrogens (tertiary/aromatic N) is 2. The quantitative estimate of drug-likeness (QED) is 0.796. The van der Waals surface area contributed by atoms with Crippen molar-refractivity contribution in [3.05, 3.63) is 44.6 Å². The van der Waals surface area contributed by atoms with Crippen molar-refractivity contribution in [2.24, 2.45) is 7.05 Å². The Balaban J connectivity index is 2.28. The van der Waals surface area contributed by atoms with E-state index in [4.69, 9.17) is 16.3 Å². The monoisotopic (exact) mass is 399 g/mol. The van der Waals surface area contributed by atoms with E-state index in [1.165, 1.54) is 16.8 Å². The van der Waals surface area contributed by atoms with E-state index in [-0.39, 0.29) is 23.1 Å². The summed E-state index contributed by atoms with van der Waals surface area (Å²) >= 11 is 9.34. The number of hydrogen-bond acceptors (Lipinski definition) is 4. The van der Waals surface area contributed by atoms with Crippen LogP contribution in [-0.4, -0.2) is 28.3 Å². The molecule has 0 unspecified atom stereocenters. The van der Waals surface area contributed by atoms with Gasteiger partial charge < -0.3 is 10.1 Å². The van der Waals surface area contributed by atoms with Gasteiger partial charge in [-0.3, -0.25) is 9.48 Å². The largest absolute Gasteiger partial charge is 0.462 e. The van der Waals surface area contributed by atoms with Gasteiger partial charge in [0.05, 0.1) is 27.4 Å². The summed E-state index contributed by atoms with van der Waals surface area (Å²) in [5.41, 5.74) is 1.73. The van der Waals surface area contributed by atoms with Crippen LogP contribution in [0, 0.1) is 6.92 Å². The van der Waals surface area contributed by atoms with Gasteiger partial charge in [0, 0.05) is 12.7 Å². The number of benzene rings is 1. The number of carbonyl (C=O) groups is 2. The van der Waals surface area contributed by atoms with Gasteiger partial charge in [0.1, 0.15) is 5.69 Å². The van der Waals surface area contributed by atoms with Crippen molar-refractivity contribution in [2.75, 3.05) is 11.9 Å². The number of rotatable bonds is 4. The molecule has 0 aliphatic rings. The van der Waals surface area contributed by atoms with E-state index in [1.807, 2.05) is 0 Å². The zero-order valence-corrected chi connectivity index (χ0v) is 15.2. The van der Waals surface area contributed by atoms with E-state index in [0.717, 1.165) is 0 Å². The topological polar surface area (TPSA) is 73.2 Å². The highest BCUT2D eigenvalue weighted by molar-refractivity contribution is 9.10. The number of esters is 1. The van der Waals surface area contributed by atoms with Crippen LogP contribution in [0.25, 0.3) is 0 Å². The van der Waals surface area contributed by atoms with E-state index >= 15 is 0 Å². The molecule has 23 heavy (non-hydrogen) atoms. The van der Waals surface area contributed by atoms with Crippen LogP contribution >= 0.6 is 27.5 Å². The Morgan fingerprint density at radius 1 is 1.43 bits per heavy atom. The Labute approximate surface area is 146 Å². The van der Waals surface area contributed by atoms with Gasteiger partial charge in [0.25, 0.3) is 5.91 Å². The second kappa shape index (κ2) is 7.14. The lowest BCUT2D eigenvalue weighted by Gasteiger charge is -2.09. The van der Waals surface area contributed by atoms with Crippen LogP contribution < -0.4 is 5.32 Å². The molecule has 1 aromatic heterocycles. The fourth-order valence-electron chi connectivity index (χ4n) is 2.04. The minimum absolute atomic E-state index is 0.201. The fraction of sp³-hybridized carbons (Fsp3) is 0.267. The molecule has 0 spiro atoms. The predicted molar refractivity (Wildman–Crippen MR) is 91.0 cm³/mol. The molecular formula is C15H15BrClN3O3. The lowest BCUT2D eigenvalue weighted by atomic mass is 10.2. The average Bonchev–Trinajstić information content (AvgIpc) is 2.74. The molecular weight excluding hydrogens is 386 g/mol. The van der Waals surface area contributed by atoms with Crippen molar-refractivity contribution in [2.45, 2.75) is 13.8 Å². The van der Waals surface area contributed by atoms with E-state index in [0.29, 0.717) is 21.5 Å². The summed E-state index contributed by atoms with van der Waals surface area (Å²) in [6.45, 7) is 3.74. The lowest BCUT2D eigenvalue weighted by Crippen LogP contribution is -2.17. The maximum atomic E-state index is 12.4. The van der Waals surface area contributed by atoms with Crippen molar-refractivity contribution in [3.8, 4) is 0 Å². The predicted octanol–water partition coefficient (Wildman–Crippen LogP) is 3.57. The number of halogens is 2. The van der Waals surface area contributed by atoms with Crippen LogP contribution in [-0.2, 0) is 11.8 Å². The first-order chi connectivity index (χ1) is 10.8. The van der Waals surface area contributed by atoms with E-state index in [1.54, 1.807) is 27.0 Å². The minimum Gasteiger partial charge on any atom is -0.462 e. The number of nitrogens with one attached hydrogen (secondary N) is 1.